The minimum Gasteiger partial charge on any atom is -0.389 e. The summed E-state index contributed by atoms with van der Waals surface area (Å²) in [5, 5.41) is 12.1. The lowest BCUT2D eigenvalue weighted by atomic mass is 9.69. The van der Waals surface area contributed by atoms with E-state index in [1.54, 1.807) is 0 Å². The van der Waals surface area contributed by atoms with E-state index in [4.69, 9.17) is 11.6 Å². The predicted octanol–water partition coefficient (Wildman–Crippen LogP) is 4.97. The lowest BCUT2D eigenvalue weighted by molar-refractivity contribution is -0.0166. The Kier molecular flexibility index (Phi) is 4.32. The Labute approximate surface area is 131 Å². The van der Waals surface area contributed by atoms with Crippen LogP contribution in [0.5, 0.6) is 0 Å². The fraction of sp³-hybridized carbons (Fsp3) is 0.368. The van der Waals surface area contributed by atoms with Crippen molar-refractivity contribution in [3.8, 4) is 0 Å². The third kappa shape index (κ3) is 3.14. The molecule has 21 heavy (non-hydrogen) atoms. The fourth-order valence-electron chi connectivity index (χ4n) is 3.57. The average molecular weight is 301 g/mol. The largest absolute Gasteiger partial charge is 0.389 e. The highest BCUT2D eigenvalue weighted by molar-refractivity contribution is 6.31. The number of hydrogen-bond acceptors (Lipinski definition) is 1. The normalized spacial score (nSPS) is 25.7. The number of hydrogen-bond donors (Lipinski definition) is 1. The summed E-state index contributed by atoms with van der Waals surface area (Å²) in [6, 6.07) is 18.3. The van der Waals surface area contributed by atoms with Gasteiger partial charge in [0.05, 0.1) is 5.60 Å². The smallest absolute Gasteiger partial charge is 0.0756 e. The van der Waals surface area contributed by atoms with Crippen LogP contribution in [0.1, 0.15) is 42.7 Å². The topological polar surface area (TPSA) is 20.2 Å². The quantitative estimate of drug-likeness (QED) is 0.848. The van der Waals surface area contributed by atoms with Crippen LogP contribution in [0, 0.1) is 0 Å². The van der Waals surface area contributed by atoms with Gasteiger partial charge in [-0.2, -0.15) is 0 Å². The molecule has 110 valence electrons. The minimum absolute atomic E-state index is 0.198. The van der Waals surface area contributed by atoms with Gasteiger partial charge in [0.2, 0.25) is 0 Å². The summed E-state index contributed by atoms with van der Waals surface area (Å²) in [6.07, 6.45) is 4.80. The van der Waals surface area contributed by atoms with Crippen LogP contribution >= 0.6 is 11.6 Å². The first kappa shape index (κ1) is 14.6. The summed E-state index contributed by atoms with van der Waals surface area (Å²) < 4.78 is 0. The van der Waals surface area contributed by atoms with E-state index in [1.165, 1.54) is 12.0 Å². The van der Waals surface area contributed by atoms with Gasteiger partial charge in [-0.25, -0.2) is 0 Å². The number of aliphatic hydroxyl groups is 1. The molecule has 2 heteroatoms. The van der Waals surface area contributed by atoms with Gasteiger partial charge in [-0.15, -0.1) is 0 Å². The van der Waals surface area contributed by atoms with Crippen molar-refractivity contribution >= 4 is 11.6 Å². The molecule has 1 N–H and O–H groups in total. The van der Waals surface area contributed by atoms with Gasteiger partial charge in [-0.05, 0) is 30.0 Å². The number of benzene rings is 2. The maximum atomic E-state index is 11.3. The van der Waals surface area contributed by atoms with E-state index in [0.29, 0.717) is 6.42 Å². The molecule has 0 saturated heterocycles. The second kappa shape index (κ2) is 6.21. The molecule has 0 radical (unpaired) electrons. The summed E-state index contributed by atoms with van der Waals surface area (Å²) in [6.45, 7) is 0. The van der Waals surface area contributed by atoms with Crippen LogP contribution in [0.25, 0.3) is 0 Å². The molecule has 0 heterocycles. The molecular weight excluding hydrogens is 280 g/mol. The van der Waals surface area contributed by atoms with Crippen LogP contribution in [-0.4, -0.2) is 10.7 Å². The van der Waals surface area contributed by atoms with Crippen LogP contribution in [-0.2, 0) is 6.42 Å². The van der Waals surface area contributed by atoms with Gasteiger partial charge < -0.3 is 5.11 Å². The van der Waals surface area contributed by atoms with Crippen molar-refractivity contribution in [3.63, 3.8) is 0 Å². The van der Waals surface area contributed by atoms with E-state index < -0.39 is 5.60 Å². The maximum absolute atomic E-state index is 11.3. The highest BCUT2D eigenvalue weighted by Crippen LogP contribution is 2.43. The summed E-state index contributed by atoms with van der Waals surface area (Å²) in [5.41, 5.74) is 1.60. The van der Waals surface area contributed by atoms with Crippen LogP contribution in [0.4, 0.5) is 0 Å². The van der Waals surface area contributed by atoms with E-state index in [2.05, 4.69) is 24.3 Å². The first-order valence-electron chi connectivity index (χ1n) is 7.70. The van der Waals surface area contributed by atoms with Gasteiger partial charge in [-0.1, -0.05) is 73.0 Å². The zero-order valence-electron chi connectivity index (χ0n) is 12.1. The highest BCUT2D eigenvalue weighted by Gasteiger charge is 2.39. The van der Waals surface area contributed by atoms with Crippen LogP contribution in [0.3, 0.4) is 0 Å². The molecule has 0 aliphatic heterocycles. The molecule has 0 aromatic heterocycles. The van der Waals surface area contributed by atoms with Crippen molar-refractivity contribution in [1.82, 2.24) is 0 Å². The SMILES string of the molecule is OC1(Cc2ccccc2Cl)CCCCC1c1ccccc1. The molecule has 1 aliphatic rings. The number of rotatable bonds is 3. The molecule has 0 spiro atoms. The second-order valence-electron chi connectivity index (χ2n) is 6.08. The van der Waals surface area contributed by atoms with E-state index in [-0.39, 0.29) is 5.92 Å². The first-order chi connectivity index (χ1) is 10.2. The summed E-state index contributed by atoms with van der Waals surface area (Å²) in [7, 11) is 0. The van der Waals surface area contributed by atoms with E-state index in [9.17, 15) is 5.11 Å². The second-order valence-corrected chi connectivity index (χ2v) is 6.49. The van der Waals surface area contributed by atoms with Gasteiger partial charge in [0.25, 0.3) is 0 Å². The zero-order chi connectivity index (χ0) is 14.7. The molecule has 0 bridgehead atoms. The van der Waals surface area contributed by atoms with Crippen molar-refractivity contribution in [2.75, 3.05) is 0 Å². The Bertz CT molecular complexity index is 596. The predicted molar refractivity (Wildman–Crippen MR) is 87.8 cm³/mol. The van der Waals surface area contributed by atoms with Crippen molar-refractivity contribution in [3.05, 3.63) is 70.7 Å². The molecule has 2 unspecified atom stereocenters. The van der Waals surface area contributed by atoms with Crippen molar-refractivity contribution in [2.24, 2.45) is 0 Å². The lowest BCUT2D eigenvalue weighted by Gasteiger charge is -2.41. The van der Waals surface area contributed by atoms with Gasteiger partial charge in [0.1, 0.15) is 0 Å². The van der Waals surface area contributed by atoms with Crippen molar-refractivity contribution in [2.45, 2.75) is 43.6 Å². The van der Waals surface area contributed by atoms with Crippen molar-refractivity contribution in [1.29, 1.82) is 0 Å². The Hall–Kier alpha value is -1.31. The summed E-state index contributed by atoms with van der Waals surface area (Å²) in [5.74, 6) is 0.198. The third-order valence-electron chi connectivity index (χ3n) is 4.66. The Balaban J connectivity index is 1.91. The summed E-state index contributed by atoms with van der Waals surface area (Å²) >= 11 is 6.29. The fourth-order valence-corrected chi connectivity index (χ4v) is 3.77. The molecule has 3 rings (SSSR count). The summed E-state index contributed by atoms with van der Waals surface area (Å²) in [4.78, 5) is 0. The lowest BCUT2D eigenvalue weighted by Crippen LogP contribution is -2.41. The highest BCUT2D eigenvalue weighted by atomic mass is 35.5. The maximum Gasteiger partial charge on any atom is 0.0756 e. The van der Waals surface area contributed by atoms with Gasteiger partial charge >= 0.3 is 0 Å². The molecule has 1 saturated carbocycles. The Morgan fingerprint density at radius 1 is 1.00 bits per heavy atom. The average Bonchev–Trinajstić information content (AvgIpc) is 2.51. The van der Waals surface area contributed by atoms with E-state index in [1.807, 2.05) is 30.3 Å². The molecule has 2 aromatic carbocycles. The van der Waals surface area contributed by atoms with Crippen LogP contribution < -0.4 is 0 Å². The van der Waals surface area contributed by atoms with Gasteiger partial charge in [0, 0.05) is 17.4 Å². The first-order valence-corrected chi connectivity index (χ1v) is 8.07. The molecule has 1 aliphatic carbocycles. The monoisotopic (exact) mass is 300 g/mol. The number of halogens is 1. The molecule has 1 nitrogen and oxygen atoms in total. The van der Waals surface area contributed by atoms with E-state index in [0.717, 1.165) is 29.8 Å². The van der Waals surface area contributed by atoms with Crippen LogP contribution in [0.2, 0.25) is 5.02 Å². The Morgan fingerprint density at radius 2 is 1.71 bits per heavy atom. The standard InChI is InChI=1S/C19H21ClO/c20-18-12-5-4-10-16(18)14-19(21)13-7-6-11-17(19)15-8-2-1-3-9-15/h1-5,8-10,12,17,21H,6-7,11,13-14H2. The molecule has 2 atom stereocenters. The van der Waals surface area contributed by atoms with E-state index >= 15 is 0 Å². The Morgan fingerprint density at radius 3 is 2.48 bits per heavy atom. The van der Waals surface area contributed by atoms with Gasteiger partial charge in [-0.3, -0.25) is 0 Å². The van der Waals surface area contributed by atoms with Gasteiger partial charge in [0.15, 0.2) is 0 Å². The molecule has 1 fully saturated rings. The van der Waals surface area contributed by atoms with Crippen molar-refractivity contribution < 1.29 is 5.11 Å². The molecule has 0 amide bonds. The third-order valence-corrected chi connectivity index (χ3v) is 5.03. The minimum atomic E-state index is -0.690. The van der Waals surface area contributed by atoms with Crippen LogP contribution in [0.15, 0.2) is 54.6 Å². The molecular formula is C19H21ClO. The molecule has 2 aromatic rings. The zero-order valence-corrected chi connectivity index (χ0v) is 12.9.